The number of hydrogen-bond donors (Lipinski definition) is 1. The molecule has 2 N–H and O–H groups in total. The number of thiazole rings is 1. The van der Waals surface area contributed by atoms with Crippen molar-refractivity contribution >= 4 is 46.4 Å². The van der Waals surface area contributed by atoms with Crippen LogP contribution in [0.5, 0.6) is 0 Å². The van der Waals surface area contributed by atoms with Crippen molar-refractivity contribution in [3.05, 3.63) is 11.1 Å². The zero-order valence-corrected chi connectivity index (χ0v) is 14.5. The smallest absolute Gasteiger partial charge is 0.191 e. The van der Waals surface area contributed by atoms with Crippen LogP contribution in [0, 0.1) is 0 Å². The first-order valence-corrected chi connectivity index (χ1v) is 6.63. The molecule has 0 saturated carbocycles. The summed E-state index contributed by atoms with van der Waals surface area (Å²) in [5.41, 5.74) is 6.86. The molecule has 0 fully saturated rings. The number of guanidine groups is 1. The summed E-state index contributed by atoms with van der Waals surface area (Å²) in [6, 6.07) is 0. The minimum absolute atomic E-state index is 0. The van der Waals surface area contributed by atoms with Gasteiger partial charge in [0, 0.05) is 32.6 Å². The van der Waals surface area contributed by atoms with Gasteiger partial charge in [-0.05, 0) is 13.8 Å². The van der Waals surface area contributed by atoms with E-state index in [1.165, 1.54) is 0 Å². The lowest BCUT2D eigenvalue weighted by Crippen LogP contribution is -2.37. The molecule has 18 heavy (non-hydrogen) atoms. The van der Waals surface area contributed by atoms with Crippen molar-refractivity contribution in [2.75, 3.05) is 32.1 Å². The maximum absolute atomic E-state index is 5.89. The normalized spacial score (nSPS) is 11.0. The van der Waals surface area contributed by atoms with E-state index in [0.717, 1.165) is 23.9 Å². The highest BCUT2D eigenvalue weighted by Crippen LogP contribution is 2.18. The second-order valence-corrected chi connectivity index (χ2v) is 4.70. The predicted molar refractivity (Wildman–Crippen MR) is 90.1 cm³/mol. The van der Waals surface area contributed by atoms with E-state index >= 15 is 0 Å². The Morgan fingerprint density at radius 1 is 1.39 bits per heavy atom. The van der Waals surface area contributed by atoms with Gasteiger partial charge in [0.1, 0.15) is 0 Å². The molecule has 0 unspecified atom stereocenters. The van der Waals surface area contributed by atoms with Gasteiger partial charge in [-0.25, -0.2) is 9.98 Å². The van der Waals surface area contributed by atoms with Crippen molar-refractivity contribution < 1.29 is 0 Å². The van der Waals surface area contributed by atoms with Gasteiger partial charge >= 0.3 is 0 Å². The molecule has 1 aromatic heterocycles. The number of rotatable bonds is 5. The second kappa shape index (κ2) is 8.52. The van der Waals surface area contributed by atoms with Gasteiger partial charge in [-0.3, -0.25) is 0 Å². The summed E-state index contributed by atoms with van der Waals surface area (Å²) in [5, 5.41) is 3.02. The third kappa shape index (κ3) is 4.97. The monoisotopic (exact) mass is 383 g/mol. The Balaban J connectivity index is 0.00000289. The van der Waals surface area contributed by atoms with Crippen LogP contribution in [0.3, 0.4) is 0 Å². The quantitative estimate of drug-likeness (QED) is 0.480. The number of nitrogens with two attached hydrogens (primary N) is 1. The molecule has 1 rings (SSSR count). The zero-order chi connectivity index (χ0) is 12.8. The molecule has 1 heterocycles. The molecule has 0 spiro atoms. The first-order valence-electron chi connectivity index (χ1n) is 5.75. The van der Waals surface area contributed by atoms with Crippen molar-refractivity contribution in [1.82, 2.24) is 9.88 Å². The van der Waals surface area contributed by atoms with Crippen molar-refractivity contribution in [3.63, 3.8) is 0 Å². The second-order valence-electron chi connectivity index (χ2n) is 3.86. The molecule has 0 aromatic carbocycles. The van der Waals surface area contributed by atoms with Gasteiger partial charge in [0.15, 0.2) is 11.1 Å². The van der Waals surface area contributed by atoms with E-state index in [2.05, 4.69) is 23.8 Å². The lowest BCUT2D eigenvalue weighted by atomic mass is 10.5. The van der Waals surface area contributed by atoms with Crippen molar-refractivity contribution in [2.45, 2.75) is 20.4 Å². The van der Waals surface area contributed by atoms with Gasteiger partial charge in [-0.2, -0.15) is 0 Å². The SMILES string of the molecule is CCN(CC)C(N)=NCc1csc(N(C)C)n1.I. The fraction of sp³-hybridized carbons (Fsp3) is 0.636. The van der Waals surface area contributed by atoms with E-state index in [1.54, 1.807) is 11.3 Å². The molecule has 0 aliphatic rings. The molecule has 0 aliphatic carbocycles. The Morgan fingerprint density at radius 2 is 2.00 bits per heavy atom. The van der Waals surface area contributed by atoms with Crippen LogP contribution in [0.4, 0.5) is 5.13 Å². The Kier molecular flexibility index (Phi) is 8.25. The highest BCUT2D eigenvalue weighted by Gasteiger charge is 2.05. The minimum atomic E-state index is 0. The minimum Gasteiger partial charge on any atom is -0.370 e. The summed E-state index contributed by atoms with van der Waals surface area (Å²) in [7, 11) is 3.96. The highest BCUT2D eigenvalue weighted by atomic mass is 127. The van der Waals surface area contributed by atoms with Gasteiger partial charge in [0.05, 0.1) is 12.2 Å². The topological polar surface area (TPSA) is 57.8 Å². The summed E-state index contributed by atoms with van der Waals surface area (Å²) in [5.74, 6) is 0.592. The van der Waals surface area contributed by atoms with Gasteiger partial charge in [-0.1, -0.05) is 0 Å². The van der Waals surface area contributed by atoms with Crippen LogP contribution in [0.1, 0.15) is 19.5 Å². The molecule has 1 aromatic rings. The Morgan fingerprint density at radius 3 is 2.44 bits per heavy atom. The molecule has 104 valence electrons. The fourth-order valence-corrected chi connectivity index (χ4v) is 2.13. The summed E-state index contributed by atoms with van der Waals surface area (Å²) >= 11 is 1.62. The van der Waals surface area contributed by atoms with Crippen molar-refractivity contribution in [3.8, 4) is 0 Å². The molecule has 0 amide bonds. The van der Waals surface area contributed by atoms with E-state index < -0.39 is 0 Å². The Bertz CT molecular complexity index is 373. The maximum Gasteiger partial charge on any atom is 0.191 e. The van der Waals surface area contributed by atoms with Crippen molar-refractivity contribution in [1.29, 1.82) is 0 Å². The van der Waals surface area contributed by atoms with Gasteiger partial charge in [0.25, 0.3) is 0 Å². The van der Waals surface area contributed by atoms with Crippen LogP contribution in [0.15, 0.2) is 10.4 Å². The average Bonchev–Trinajstić information content (AvgIpc) is 2.76. The first kappa shape index (κ1) is 17.4. The lowest BCUT2D eigenvalue weighted by Gasteiger charge is -2.19. The maximum atomic E-state index is 5.89. The molecule has 0 saturated heterocycles. The molecule has 0 bridgehead atoms. The molecule has 0 atom stereocenters. The third-order valence-electron chi connectivity index (χ3n) is 2.41. The molecular formula is C11H22IN5S. The van der Waals surface area contributed by atoms with Gasteiger partial charge < -0.3 is 15.5 Å². The fourth-order valence-electron chi connectivity index (χ4n) is 1.38. The Labute approximate surface area is 130 Å². The highest BCUT2D eigenvalue weighted by molar-refractivity contribution is 14.0. The number of halogens is 1. The molecule has 5 nitrogen and oxygen atoms in total. The summed E-state index contributed by atoms with van der Waals surface area (Å²) in [6.45, 7) is 6.45. The van der Waals surface area contributed by atoms with Crippen LogP contribution in [0.25, 0.3) is 0 Å². The third-order valence-corrected chi connectivity index (χ3v) is 3.47. The predicted octanol–water partition coefficient (Wildman–Crippen LogP) is 1.98. The van der Waals surface area contributed by atoms with Crippen LogP contribution >= 0.6 is 35.3 Å². The van der Waals surface area contributed by atoms with Crippen LogP contribution in [-0.4, -0.2) is 43.0 Å². The van der Waals surface area contributed by atoms with E-state index in [0.29, 0.717) is 12.5 Å². The number of aliphatic imine (C=N–C) groups is 1. The number of anilines is 1. The molecule has 7 heteroatoms. The molecular weight excluding hydrogens is 361 g/mol. The standard InChI is InChI=1S/C11H21N5S.HI/c1-5-16(6-2)10(12)13-7-9-8-17-11(14-9)15(3)4;/h8H,5-7H2,1-4H3,(H2,12,13);1H. The van der Waals surface area contributed by atoms with Gasteiger partial charge in [-0.15, -0.1) is 35.3 Å². The summed E-state index contributed by atoms with van der Waals surface area (Å²) < 4.78 is 0. The van der Waals surface area contributed by atoms with Gasteiger partial charge in [0.2, 0.25) is 0 Å². The number of hydrogen-bond acceptors (Lipinski definition) is 4. The van der Waals surface area contributed by atoms with Crippen LogP contribution in [0.2, 0.25) is 0 Å². The van der Waals surface area contributed by atoms with E-state index in [-0.39, 0.29) is 24.0 Å². The van der Waals surface area contributed by atoms with E-state index in [9.17, 15) is 0 Å². The average molecular weight is 383 g/mol. The lowest BCUT2D eigenvalue weighted by molar-refractivity contribution is 0.458. The van der Waals surface area contributed by atoms with E-state index in [1.807, 2.05) is 29.3 Å². The molecule has 0 radical (unpaired) electrons. The number of nitrogens with zero attached hydrogens (tertiary/aromatic N) is 4. The zero-order valence-electron chi connectivity index (χ0n) is 11.4. The Hall–Kier alpha value is -0.570. The van der Waals surface area contributed by atoms with Crippen LogP contribution < -0.4 is 10.6 Å². The summed E-state index contributed by atoms with van der Waals surface area (Å²) in [4.78, 5) is 12.8. The summed E-state index contributed by atoms with van der Waals surface area (Å²) in [6.07, 6.45) is 0. The largest absolute Gasteiger partial charge is 0.370 e. The van der Waals surface area contributed by atoms with Crippen LogP contribution in [-0.2, 0) is 6.54 Å². The first-order chi connectivity index (χ1) is 8.08. The van der Waals surface area contributed by atoms with Crippen molar-refractivity contribution in [2.24, 2.45) is 10.7 Å². The van der Waals surface area contributed by atoms with E-state index in [4.69, 9.17) is 5.73 Å². The molecule has 0 aliphatic heterocycles. The number of aromatic nitrogens is 1.